The molecule has 0 bridgehead atoms. The number of hydrogen-bond acceptors (Lipinski definition) is 10. The normalized spacial score (nSPS) is 12.2. The van der Waals surface area contributed by atoms with Crippen molar-refractivity contribution in [2.75, 3.05) is 13.1 Å². The van der Waals surface area contributed by atoms with Crippen LogP contribution in [-0.2, 0) is 19.1 Å². The molecule has 12 nitrogen and oxygen atoms in total. The molecular formula is C23H29N3O9. The topological polar surface area (TPSA) is 169 Å². The zero-order valence-corrected chi connectivity index (χ0v) is 20.5. The molecule has 0 aromatic heterocycles. The molecule has 1 unspecified atom stereocenters. The number of phenols is 1. The highest BCUT2D eigenvalue weighted by Gasteiger charge is 2.25. The molecule has 0 saturated carbocycles. The molecule has 0 aliphatic carbocycles. The number of benzene rings is 1. The molecule has 0 aliphatic heterocycles. The Morgan fingerprint density at radius 2 is 1.86 bits per heavy atom. The Morgan fingerprint density at radius 1 is 1.26 bits per heavy atom. The van der Waals surface area contributed by atoms with Crippen LogP contribution in [0.3, 0.4) is 0 Å². The van der Waals surface area contributed by atoms with E-state index in [4.69, 9.17) is 14.2 Å². The van der Waals surface area contributed by atoms with Crippen LogP contribution in [0.5, 0.6) is 11.5 Å². The Hall–Kier alpha value is -4.14. The number of ether oxygens (including phenoxy) is 3. The SMILES string of the molecule is CCN(CC)C(=O)/C(C#N)=C/c1cc(OC(=O)OC(C)CC(=O)OC(C)(C)C)c(O)c([N+](=O)[O-])c1. The summed E-state index contributed by atoms with van der Waals surface area (Å²) in [6, 6.07) is 3.70. The number of nitriles is 1. The molecule has 1 rings (SSSR count). The molecular weight excluding hydrogens is 462 g/mol. The summed E-state index contributed by atoms with van der Waals surface area (Å²) in [4.78, 5) is 48.4. The van der Waals surface area contributed by atoms with Gasteiger partial charge in [-0.1, -0.05) is 0 Å². The molecule has 0 saturated heterocycles. The largest absolute Gasteiger partial charge is 0.514 e. The van der Waals surface area contributed by atoms with Crippen molar-refractivity contribution < 1.29 is 38.6 Å². The first-order valence-corrected chi connectivity index (χ1v) is 10.7. The smallest absolute Gasteiger partial charge is 0.499 e. The number of amides is 1. The van der Waals surface area contributed by atoms with Gasteiger partial charge in [-0.25, -0.2) is 4.79 Å². The number of aromatic hydroxyl groups is 1. The molecule has 0 heterocycles. The van der Waals surface area contributed by atoms with Crippen molar-refractivity contribution in [2.24, 2.45) is 0 Å². The highest BCUT2D eigenvalue weighted by atomic mass is 16.7. The number of hydrogen-bond donors (Lipinski definition) is 1. The molecule has 1 aromatic rings. The Kier molecular flexibility index (Phi) is 10.2. The molecule has 12 heteroatoms. The summed E-state index contributed by atoms with van der Waals surface area (Å²) < 4.78 is 15.0. The number of carbonyl (C=O) groups excluding carboxylic acids is 3. The van der Waals surface area contributed by atoms with E-state index >= 15 is 0 Å². The van der Waals surface area contributed by atoms with E-state index in [-0.39, 0.29) is 17.6 Å². The number of phenolic OH excluding ortho intramolecular Hbond substituents is 1. The fraction of sp³-hybridized carbons (Fsp3) is 0.478. The van der Waals surface area contributed by atoms with Crippen LogP contribution in [0.15, 0.2) is 17.7 Å². The lowest BCUT2D eigenvalue weighted by atomic mass is 10.1. The third kappa shape index (κ3) is 8.96. The minimum atomic E-state index is -1.34. The van der Waals surface area contributed by atoms with Gasteiger partial charge in [-0.15, -0.1) is 0 Å². The Bertz CT molecular complexity index is 1050. The summed E-state index contributed by atoms with van der Waals surface area (Å²) in [5.41, 5.74) is -1.91. The monoisotopic (exact) mass is 491 g/mol. The molecule has 190 valence electrons. The number of esters is 1. The summed E-state index contributed by atoms with van der Waals surface area (Å²) in [6.07, 6.45) is -1.50. The van der Waals surface area contributed by atoms with Crippen LogP contribution in [0, 0.1) is 21.4 Å². The number of rotatable bonds is 9. The van der Waals surface area contributed by atoms with Gasteiger partial charge in [-0.2, -0.15) is 5.26 Å². The second kappa shape index (κ2) is 12.4. The minimum Gasteiger partial charge on any atom is -0.499 e. The third-order valence-electron chi connectivity index (χ3n) is 4.35. The predicted octanol–water partition coefficient (Wildman–Crippen LogP) is 3.71. The highest BCUT2D eigenvalue weighted by molar-refractivity contribution is 6.01. The lowest BCUT2D eigenvalue weighted by Gasteiger charge is -2.20. The zero-order valence-electron chi connectivity index (χ0n) is 20.5. The first kappa shape index (κ1) is 28.9. The van der Waals surface area contributed by atoms with Crippen LogP contribution in [0.1, 0.15) is 53.5 Å². The fourth-order valence-electron chi connectivity index (χ4n) is 2.84. The second-order valence-corrected chi connectivity index (χ2v) is 8.36. The zero-order chi connectivity index (χ0) is 26.9. The van der Waals surface area contributed by atoms with Crippen molar-refractivity contribution in [2.45, 2.75) is 59.7 Å². The molecule has 1 amide bonds. The quantitative estimate of drug-likeness (QED) is 0.134. The Balaban J connectivity index is 3.19. The molecule has 1 N–H and O–H groups in total. The average molecular weight is 491 g/mol. The summed E-state index contributed by atoms with van der Waals surface area (Å²) in [5.74, 6) is -2.80. The molecule has 0 aliphatic rings. The summed E-state index contributed by atoms with van der Waals surface area (Å²) in [6.45, 7) is 10.6. The van der Waals surface area contributed by atoms with Crippen molar-refractivity contribution in [3.63, 3.8) is 0 Å². The maximum absolute atomic E-state index is 12.5. The van der Waals surface area contributed by atoms with E-state index in [1.165, 1.54) is 11.8 Å². The van der Waals surface area contributed by atoms with Crippen LogP contribution >= 0.6 is 0 Å². The van der Waals surface area contributed by atoms with Gasteiger partial charge in [0.05, 0.1) is 11.3 Å². The molecule has 35 heavy (non-hydrogen) atoms. The second-order valence-electron chi connectivity index (χ2n) is 8.36. The summed E-state index contributed by atoms with van der Waals surface area (Å²) >= 11 is 0. The van der Waals surface area contributed by atoms with Crippen LogP contribution in [0.4, 0.5) is 10.5 Å². The van der Waals surface area contributed by atoms with Crippen LogP contribution in [-0.4, -0.2) is 57.8 Å². The van der Waals surface area contributed by atoms with Crippen molar-refractivity contribution in [1.29, 1.82) is 5.26 Å². The number of nitro groups is 1. The van der Waals surface area contributed by atoms with E-state index in [0.29, 0.717) is 13.1 Å². The number of nitro benzene ring substituents is 1. The summed E-state index contributed by atoms with van der Waals surface area (Å²) in [5, 5.41) is 31.0. The summed E-state index contributed by atoms with van der Waals surface area (Å²) in [7, 11) is 0. The Morgan fingerprint density at radius 3 is 2.34 bits per heavy atom. The van der Waals surface area contributed by atoms with Gasteiger partial charge in [0.15, 0.2) is 5.75 Å². The van der Waals surface area contributed by atoms with Crippen LogP contribution in [0.2, 0.25) is 0 Å². The fourth-order valence-corrected chi connectivity index (χ4v) is 2.84. The standard InChI is InChI=1S/C23H29N3O9/c1-7-25(8-2)21(29)16(13-24)10-15-11-17(26(31)32)20(28)18(12-15)34-22(30)33-14(3)9-19(27)35-23(4,5)6/h10-12,14,28H,7-9H2,1-6H3/b16-10+. The maximum atomic E-state index is 12.5. The lowest BCUT2D eigenvalue weighted by Crippen LogP contribution is -2.31. The molecule has 1 aromatic carbocycles. The lowest BCUT2D eigenvalue weighted by molar-refractivity contribution is -0.385. The van der Waals surface area contributed by atoms with E-state index in [1.54, 1.807) is 40.7 Å². The van der Waals surface area contributed by atoms with Gasteiger partial charge in [-0.3, -0.25) is 19.7 Å². The van der Waals surface area contributed by atoms with E-state index in [1.807, 2.05) is 0 Å². The first-order valence-electron chi connectivity index (χ1n) is 10.7. The van der Waals surface area contributed by atoms with Gasteiger partial charge in [-0.05, 0) is 59.2 Å². The molecule has 1 atom stereocenters. The first-order chi connectivity index (χ1) is 16.2. The van der Waals surface area contributed by atoms with E-state index in [9.17, 15) is 34.9 Å². The van der Waals surface area contributed by atoms with Gasteiger partial charge < -0.3 is 24.2 Å². The van der Waals surface area contributed by atoms with Gasteiger partial charge in [0, 0.05) is 19.2 Å². The van der Waals surface area contributed by atoms with Crippen molar-refractivity contribution >= 4 is 29.8 Å². The van der Waals surface area contributed by atoms with E-state index in [2.05, 4.69) is 0 Å². The Labute approximate surface area is 202 Å². The van der Waals surface area contributed by atoms with Crippen LogP contribution in [0.25, 0.3) is 6.08 Å². The van der Waals surface area contributed by atoms with Gasteiger partial charge in [0.25, 0.3) is 5.91 Å². The third-order valence-corrected chi connectivity index (χ3v) is 4.35. The van der Waals surface area contributed by atoms with Crippen LogP contribution < -0.4 is 4.74 Å². The van der Waals surface area contributed by atoms with Crippen molar-refractivity contribution in [1.82, 2.24) is 4.90 Å². The average Bonchev–Trinajstić information content (AvgIpc) is 2.72. The molecule has 0 radical (unpaired) electrons. The highest BCUT2D eigenvalue weighted by Crippen LogP contribution is 2.38. The molecule has 0 spiro atoms. The number of nitrogens with zero attached hydrogens (tertiary/aromatic N) is 3. The van der Waals surface area contributed by atoms with Gasteiger partial charge in [0.1, 0.15) is 23.3 Å². The van der Waals surface area contributed by atoms with Gasteiger partial charge in [0.2, 0.25) is 5.75 Å². The van der Waals surface area contributed by atoms with Crippen molar-refractivity contribution in [3.05, 3.63) is 33.4 Å². The van der Waals surface area contributed by atoms with E-state index < -0.39 is 51.8 Å². The minimum absolute atomic E-state index is 0.0452. The van der Waals surface area contributed by atoms with Crippen molar-refractivity contribution in [3.8, 4) is 17.6 Å². The number of likely N-dealkylation sites (N-methyl/N-ethyl adjacent to an activating group) is 1. The molecule has 0 fully saturated rings. The number of carbonyl (C=O) groups is 3. The maximum Gasteiger partial charge on any atom is 0.514 e. The van der Waals surface area contributed by atoms with E-state index in [0.717, 1.165) is 18.2 Å². The predicted molar refractivity (Wildman–Crippen MR) is 123 cm³/mol. The van der Waals surface area contributed by atoms with Gasteiger partial charge >= 0.3 is 17.8 Å².